The number of phosphoric acid groups is 2. The summed E-state index contributed by atoms with van der Waals surface area (Å²) in [6, 6.07) is 4.78. The van der Waals surface area contributed by atoms with Crippen LogP contribution in [0.4, 0.5) is 0 Å². The maximum Gasteiger partial charge on any atom is 0.472 e. The summed E-state index contributed by atoms with van der Waals surface area (Å²) in [5, 5.41) is 27.4. The Morgan fingerprint density at radius 2 is 1.16 bits per heavy atom. The first-order chi connectivity index (χ1) is 32.1. The van der Waals surface area contributed by atoms with Crippen LogP contribution in [0.3, 0.4) is 0 Å². The number of carbonyl (C=O) groups is 4. The Labute approximate surface area is 415 Å². The molecule has 25 heteroatoms. The van der Waals surface area contributed by atoms with Gasteiger partial charge >= 0.3 is 15.6 Å². The van der Waals surface area contributed by atoms with Crippen molar-refractivity contribution in [2.75, 3.05) is 65.9 Å². The normalized spacial score (nSPS) is 13.9. The number of halogens is 4. The largest absolute Gasteiger partial charge is 0.486 e. The SMILES string of the molecule is C=C(COc1ccc(C(=O)C(=C)CC)c(Cl)c1Cl)NCCC(=O)NC(CO)COP(=O)(O)OCCCOP(=O)(O)OCC(CO)CCCCNC(=O)COc1ccc(C(=O)C(=C)CC)c(Cl)c1Cl. The predicted molar refractivity (Wildman–Crippen MR) is 258 cm³/mol. The van der Waals surface area contributed by atoms with E-state index in [1.165, 1.54) is 24.3 Å². The molecule has 380 valence electrons. The van der Waals surface area contributed by atoms with Crippen LogP contribution in [0.25, 0.3) is 0 Å². The van der Waals surface area contributed by atoms with Gasteiger partial charge in [-0.3, -0.25) is 37.3 Å². The van der Waals surface area contributed by atoms with Crippen LogP contribution in [0, 0.1) is 5.92 Å². The van der Waals surface area contributed by atoms with Gasteiger partial charge in [-0.15, -0.1) is 0 Å². The third kappa shape index (κ3) is 21.7. The molecule has 0 spiro atoms. The second-order valence-corrected chi connectivity index (χ2v) is 19.2. The van der Waals surface area contributed by atoms with E-state index in [1.54, 1.807) is 13.8 Å². The van der Waals surface area contributed by atoms with Crippen molar-refractivity contribution in [3.05, 3.63) is 92.1 Å². The van der Waals surface area contributed by atoms with Crippen LogP contribution in [-0.4, -0.2) is 115 Å². The van der Waals surface area contributed by atoms with Gasteiger partial charge in [-0.25, -0.2) is 9.13 Å². The topological polar surface area (TPSA) is 275 Å². The molecular formula is C43H59Cl4N3O16P2. The first kappa shape index (κ1) is 60.8. The van der Waals surface area contributed by atoms with Gasteiger partial charge in [0.1, 0.15) is 28.2 Å². The Bertz CT molecular complexity index is 2180. The fourth-order valence-electron chi connectivity index (χ4n) is 5.43. The number of benzene rings is 2. The molecule has 68 heavy (non-hydrogen) atoms. The second-order valence-electron chi connectivity index (χ2n) is 14.8. The number of nitrogens with one attached hydrogen (secondary N) is 3. The second kappa shape index (κ2) is 31.1. The molecule has 0 saturated heterocycles. The van der Waals surface area contributed by atoms with Crippen LogP contribution < -0.4 is 25.4 Å². The molecule has 0 fully saturated rings. The average molecular weight is 1080 g/mol. The minimum atomic E-state index is -4.69. The van der Waals surface area contributed by atoms with Crippen LogP contribution in [0.5, 0.6) is 11.5 Å². The van der Waals surface area contributed by atoms with E-state index in [4.69, 9.17) is 74.0 Å². The molecule has 0 aliphatic carbocycles. The Morgan fingerprint density at radius 1 is 0.647 bits per heavy atom. The molecule has 2 aromatic rings. The number of ketones is 2. The average Bonchev–Trinajstić information content (AvgIpc) is 3.30. The van der Waals surface area contributed by atoms with Crippen molar-refractivity contribution in [1.29, 1.82) is 0 Å². The fourth-order valence-corrected chi connectivity index (χ4v) is 7.99. The third-order valence-electron chi connectivity index (χ3n) is 9.48. The monoisotopic (exact) mass is 1080 g/mol. The highest BCUT2D eigenvalue weighted by Crippen LogP contribution is 2.45. The first-order valence-electron chi connectivity index (χ1n) is 21.2. The minimum absolute atomic E-state index is 0.00891. The van der Waals surface area contributed by atoms with Crippen molar-refractivity contribution in [2.24, 2.45) is 5.92 Å². The molecule has 0 aromatic heterocycles. The number of unbranched alkanes of at least 4 members (excludes halogenated alkanes) is 1. The highest BCUT2D eigenvalue weighted by molar-refractivity contribution is 7.47. The summed E-state index contributed by atoms with van der Waals surface area (Å²) in [7, 11) is -9.27. The molecular weight excluding hydrogens is 1020 g/mol. The number of phosphoric ester groups is 2. The molecule has 2 rings (SSSR count). The lowest BCUT2D eigenvalue weighted by molar-refractivity contribution is -0.123. The number of Topliss-reactive ketones (excluding diaryl/α,β-unsaturated/α-hetero) is 2. The van der Waals surface area contributed by atoms with Gasteiger partial charge in [-0.2, -0.15) is 0 Å². The van der Waals surface area contributed by atoms with Crippen molar-refractivity contribution in [3.63, 3.8) is 0 Å². The molecule has 0 saturated carbocycles. The number of carbonyl (C=O) groups excluding carboxylic acids is 4. The van der Waals surface area contributed by atoms with Crippen LogP contribution in [-0.2, 0) is 36.8 Å². The van der Waals surface area contributed by atoms with Crippen molar-refractivity contribution in [2.45, 2.75) is 64.8 Å². The predicted octanol–water partition coefficient (Wildman–Crippen LogP) is 7.58. The minimum Gasteiger partial charge on any atom is -0.486 e. The molecule has 19 nitrogen and oxygen atoms in total. The molecule has 0 aliphatic heterocycles. The number of hydrogen-bond acceptors (Lipinski definition) is 15. The van der Waals surface area contributed by atoms with Gasteiger partial charge in [0.2, 0.25) is 5.91 Å². The zero-order valence-electron chi connectivity index (χ0n) is 37.7. The lowest BCUT2D eigenvalue weighted by Crippen LogP contribution is -2.41. The summed E-state index contributed by atoms with van der Waals surface area (Å²) in [4.78, 5) is 69.7. The lowest BCUT2D eigenvalue weighted by Gasteiger charge is -2.19. The summed E-state index contributed by atoms with van der Waals surface area (Å²) in [6.07, 6.45) is 2.04. The van der Waals surface area contributed by atoms with E-state index in [0.29, 0.717) is 48.9 Å². The number of hydrogen-bond donors (Lipinski definition) is 7. The number of rotatable bonds is 36. The highest BCUT2D eigenvalue weighted by atomic mass is 35.5. The van der Waals surface area contributed by atoms with E-state index in [2.05, 4.69) is 35.7 Å². The summed E-state index contributed by atoms with van der Waals surface area (Å²) >= 11 is 25.1. The maximum atomic E-state index is 12.4. The number of aliphatic hydroxyl groups is 2. The first-order valence-corrected chi connectivity index (χ1v) is 25.7. The van der Waals surface area contributed by atoms with Crippen LogP contribution in [0.1, 0.15) is 79.5 Å². The van der Waals surface area contributed by atoms with Crippen LogP contribution in [0.15, 0.2) is 60.8 Å². The van der Waals surface area contributed by atoms with Gasteiger partial charge in [0, 0.05) is 48.9 Å². The van der Waals surface area contributed by atoms with E-state index in [9.17, 15) is 48.3 Å². The molecule has 2 amide bonds. The Balaban J connectivity index is 1.60. The lowest BCUT2D eigenvalue weighted by atomic mass is 10.0. The smallest absolute Gasteiger partial charge is 0.472 e. The number of amides is 2. The van der Waals surface area contributed by atoms with E-state index < -0.39 is 65.8 Å². The zero-order chi connectivity index (χ0) is 51.0. The van der Waals surface area contributed by atoms with Crippen molar-refractivity contribution in [3.8, 4) is 11.5 Å². The molecule has 0 heterocycles. The summed E-state index contributed by atoms with van der Waals surface area (Å²) < 4.78 is 55.4. The van der Waals surface area contributed by atoms with Crippen LogP contribution in [0.2, 0.25) is 20.1 Å². The highest BCUT2D eigenvalue weighted by Gasteiger charge is 2.26. The summed E-state index contributed by atoms with van der Waals surface area (Å²) in [6.45, 7) is 12.0. The Hall–Kier alpha value is -3.36. The van der Waals surface area contributed by atoms with E-state index in [1.807, 2.05) is 0 Å². The van der Waals surface area contributed by atoms with Gasteiger partial charge in [-0.1, -0.05) is 86.4 Å². The standard InChI is InChI=1S/C43H59Cl4N3O16P2/c1-6-27(3)42(55)32-12-14-34(40(46)38(32)44)61-23-29(5)48-18-16-36(53)50-31(22-52)25-66-68(59,60)64-20-10-19-63-67(57,58)65-24-30(21-51)11-8-9-17-49-37(54)26-62-35-15-13-33(39(45)41(35)47)43(56)28(4)7-2/h12-15,30-31,48,51-52H,3-11,16-26H2,1-2H3,(H,49,54)(H,50,53)(H,57,58)(H,59,60). The van der Waals surface area contributed by atoms with Gasteiger partial charge in [-0.05, 0) is 67.5 Å². The molecule has 0 bridgehead atoms. The third-order valence-corrected chi connectivity index (χ3v) is 13.2. The molecule has 7 N–H and O–H groups in total. The fraction of sp³-hybridized carbons (Fsp3) is 0.488. The summed E-state index contributed by atoms with van der Waals surface area (Å²) in [5.74, 6) is -1.86. The molecule has 0 aliphatic rings. The molecule has 4 atom stereocenters. The summed E-state index contributed by atoms with van der Waals surface area (Å²) in [5.41, 5.74) is 1.49. The number of aliphatic hydroxyl groups excluding tert-OH is 2. The van der Waals surface area contributed by atoms with Crippen molar-refractivity contribution < 1.29 is 75.9 Å². The molecule has 4 unspecified atom stereocenters. The Kier molecular flexibility index (Phi) is 27.8. The molecule has 2 aromatic carbocycles. The zero-order valence-corrected chi connectivity index (χ0v) is 42.5. The maximum absolute atomic E-state index is 12.4. The number of ether oxygens (including phenoxy) is 2. The van der Waals surface area contributed by atoms with Gasteiger partial charge < -0.3 is 45.4 Å². The molecule has 0 radical (unpaired) electrons. The quantitative estimate of drug-likeness (QED) is 0.0150. The van der Waals surface area contributed by atoms with E-state index >= 15 is 0 Å². The van der Waals surface area contributed by atoms with E-state index in [0.717, 1.165) is 0 Å². The van der Waals surface area contributed by atoms with Crippen molar-refractivity contribution in [1.82, 2.24) is 16.0 Å². The van der Waals surface area contributed by atoms with E-state index in [-0.39, 0.29) is 107 Å². The van der Waals surface area contributed by atoms with Crippen molar-refractivity contribution >= 4 is 85.4 Å². The Morgan fingerprint density at radius 3 is 1.66 bits per heavy atom. The van der Waals surface area contributed by atoms with Crippen LogP contribution >= 0.6 is 62.0 Å². The van der Waals surface area contributed by atoms with Gasteiger partial charge in [0.15, 0.2) is 18.2 Å². The van der Waals surface area contributed by atoms with Gasteiger partial charge in [0.25, 0.3) is 5.91 Å². The van der Waals surface area contributed by atoms with Gasteiger partial charge in [0.05, 0.1) is 49.1 Å². The number of allylic oxidation sites excluding steroid dienone is 2.